The molecule has 3 N–H and O–H groups in total. The predicted molar refractivity (Wildman–Crippen MR) is 56.0 cm³/mol. The molecule has 88 valence electrons. The number of amides is 1. The maximum absolute atomic E-state index is 10.8. The molecule has 1 saturated heterocycles. The van der Waals surface area contributed by atoms with Crippen LogP contribution in [0, 0.1) is 0 Å². The Morgan fingerprint density at radius 1 is 1.53 bits per heavy atom. The Bertz CT molecular complexity index is 182. The molecule has 0 aromatic rings. The van der Waals surface area contributed by atoms with Gasteiger partial charge in [-0.3, -0.25) is 10.2 Å². The molecule has 5 heteroatoms. The normalized spacial score (nSPS) is 21.3. The third-order valence-electron chi connectivity index (χ3n) is 2.43. The van der Waals surface area contributed by atoms with Crippen molar-refractivity contribution in [2.24, 2.45) is 5.84 Å². The smallest absolute Gasteiger partial charge is 0.233 e. The summed E-state index contributed by atoms with van der Waals surface area (Å²) in [7, 11) is 0. The van der Waals surface area contributed by atoms with Crippen molar-refractivity contribution in [2.45, 2.75) is 38.2 Å². The summed E-state index contributed by atoms with van der Waals surface area (Å²) in [6.07, 6.45) is 4.85. The lowest BCUT2D eigenvalue weighted by Gasteiger charge is -2.22. The van der Waals surface area contributed by atoms with Gasteiger partial charge in [0.25, 0.3) is 0 Å². The van der Waals surface area contributed by atoms with Gasteiger partial charge in [0.1, 0.15) is 0 Å². The first-order valence-corrected chi connectivity index (χ1v) is 5.51. The van der Waals surface area contributed by atoms with E-state index in [0.717, 1.165) is 19.4 Å². The average Bonchev–Trinajstić information content (AvgIpc) is 2.29. The van der Waals surface area contributed by atoms with Crippen LogP contribution in [0.3, 0.4) is 0 Å². The van der Waals surface area contributed by atoms with E-state index in [1.165, 1.54) is 6.42 Å². The monoisotopic (exact) mass is 216 g/mol. The van der Waals surface area contributed by atoms with Gasteiger partial charge in [0, 0.05) is 19.6 Å². The zero-order valence-electron chi connectivity index (χ0n) is 9.04. The maximum Gasteiger partial charge on any atom is 0.233 e. The van der Waals surface area contributed by atoms with Gasteiger partial charge in [0.2, 0.25) is 5.91 Å². The number of nitrogens with one attached hydrogen (secondary N) is 1. The van der Waals surface area contributed by atoms with E-state index in [-0.39, 0.29) is 12.0 Å². The zero-order chi connectivity index (χ0) is 10.9. The first-order chi connectivity index (χ1) is 7.33. The summed E-state index contributed by atoms with van der Waals surface area (Å²) in [6, 6.07) is 0. The molecule has 1 aliphatic heterocycles. The molecule has 1 fully saturated rings. The Morgan fingerprint density at radius 3 is 3.07 bits per heavy atom. The van der Waals surface area contributed by atoms with Crippen LogP contribution in [0.15, 0.2) is 0 Å². The molecular weight excluding hydrogens is 196 g/mol. The fourth-order valence-electron chi connectivity index (χ4n) is 1.56. The highest BCUT2D eigenvalue weighted by molar-refractivity contribution is 5.75. The Morgan fingerprint density at radius 2 is 2.40 bits per heavy atom. The minimum absolute atomic E-state index is 0.146. The van der Waals surface area contributed by atoms with Crippen LogP contribution in [0.25, 0.3) is 0 Å². The fourth-order valence-corrected chi connectivity index (χ4v) is 1.56. The van der Waals surface area contributed by atoms with E-state index in [1.807, 2.05) is 0 Å². The van der Waals surface area contributed by atoms with Crippen molar-refractivity contribution in [1.82, 2.24) is 5.43 Å². The number of hydrogen-bond donors (Lipinski definition) is 2. The molecule has 0 bridgehead atoms. The van der Waals surface area contributed by atoms with Crippen molar-refractivity contribution in [2.75, 3.05) is 19.8 Å². The van der Waals surface area contributed by atoms with Gasteiger partial charge < -0.3 is 9.47 Å². The number of nitrogens with two attached hydrogens (primary N) is 1. The molecule has 0 radical (unpaired) electrons. The Hall–Kier alpha value is -0.650. The van der Waals surface area contributed by atoms with Crippen LogP contribution in [0.4, 0.5) is 0 Å². The molecule has 1 amide bonds. The molecule has 0 spiro atoms. The highest BCUT2D eigenvalue weighted by atomic mass is 16.5. The van der Waals surface area contributed by atoms with Gasteiger partial charge in [-0.25, -0.2) is 5.84 Å². The summed E-state index contributed by atoms with van der Waals surface area (Å²) in [5, 5.41) is 0. The summed E-state index contributed by atoms with van der Waals surface area (Å²) in [5.41, 5.74) is 2.09. The van der Waals surface area contributed by atoms with Crippen molar-refractivity contribution in [3.05, 3.63) is 0 Å². The second-order valence-electron chi connectivity index (χ2n) is 3.73. The van der Waals surface area contributed by atoms with Crippen LogP contribution in [0.1, 0.15) is 32.1 Å². The first kappa shape index (κ1) is 12.4. The lowest BCUT2D eigenvalue weighted by Crippen LogP contribution is -2.30. The number of rotatable bonds is 6. The average molecular weight is 216 g/mol. The molecule has 1 unspecified atom stereocenters. The summed E-state index contributed by atoms with van der Waals surface area (Å²) in [6.45, 7) is 2.08. The number of carbonyl (C=O) groups is 1. The number of hydrogen-bond acceptors (Lipinski definition) is 4. The molecule has 0 aliphatic carbocycles. The summed E-state index contributed by atoms with van der Waals surface area (Å²) in [5.74, 6) is 4.80. The lowest BCUT2D eigenvalue weighted by atomic mass is 10.1. The van der Waals surface area contributed by atoms with Crippen LogP contribution >= 0.6 is 0 Å². The van der Waals surface area contributed by atoms with Crippen molar-refractivity contribution >= 4 is 5.91 Å². The molecule has 0 saturated carbocycles. The van der Waals surface area contributed by atoms with Crippen LogP contribution in [-0.4, -0.2) is 31.8 Å². The Labute approximate surface area is 90.3 Å². The zero-order valence-corrected chi connectivity index (χ0v) is 9.04. The van der Waals surface area contributed by atoms with Gasteiger partial charge in [-0.05, 0) is 25.7 Å². The topological polar surface area (TPSA) is 73.6 Å². The highest BCUT2D eigenvalue weighted by Gasteiger charge is 2.13. The quantitative estimate of drug-likeness (QED) is 0.291. The molecule has 1 rings (SSSR count). The lowest BCUT2D eigenvalue weighted by molar-refractivity contribution is -0.121. The van der Waals surface area contributed by atoms with Crippen LogP contribution in [0.2, 0.25) is 0 Å². The van der Waals surface area contributed by atoms with E-state index in [4.69, 9.17) is 15.3 Å². The molecule has 5 nitrogen and oxygen atoms in total. The number of carbonyl (C=O) groups excluding carboxylic acids is 1. The van der Waals surface area contributed by atoms with Gasteiger partial charge >= 0.3 is 0 Å². The predicted octanol–water partition coefficient (Wildman–Crippen LogP) is 0.342. The van der Waals surface area contributed by atoms with Crippen molar-refractivity contribution in [3.8, 4) is 0 Å². The molecule has 1 atom stereocenters. The van der Waals surface area contributed by atoms with Gasteiger partial charge in [-0.15, -0.1) is 0 Å². The third-order valence-corrected chi connectivity index (χ3v) is 2.43. The van der Waals surface area contributed by atoms with Crippen LogP contribution in [-0.2, 0) is 14.3 Å². The summed E-state index contributed by atoms with van der Waals surface area (Å²) < 4.78 is 10.9. The van der Waals surface area contributed by atoms with E-state index in [1.54, 1.807) is 0 Å². The second-order valence-corrected chi connectivity index (χ2v) is 3.73. The van der Waals surface area contributed by atoms with E-state index in [9.17, 15) is 4.79 Å². The molecular formula is C10H20N2O3. The molecule has 1 heterocycles. The minimum atomic E-state index is -0.146. The Kier molecular flexibility index (Phi) is 6.31. The summed E-state index contributed by atoms with van der Waals surface area (Å²) in [4.78, 5) is 10.8. The number of ether oxygens (including phenoxy) is 2. The van der Waals surface area contributed by atoms with E-state index in [2.05, 4.69) is 5.43 Å². The Balaban J connectivity index is 1.89. The van der Waals surface area contributed by atoms with Gasteiger partial charge in [-0.2, -0.15) is 0 Å². The van der Waals surface area contributed by atoms with Gasteiger partial charge in [0.15, 0.2) is 0 Å². The van der Waals surface area contributed by atoms with Crippen LogP contribution in [0.5, 0.6) is 0 Å². The van der Waals surface area contributed by atoms with E-state index >= 15 is 0 Å². The largest absolute Gasteiger partial charge is 0.379 e. The fraction of sp³-hybridized carbons (Fsp3) is 0.900. The molecule has 0 aromatic heterocycles. The minimum Gasteiger partial charge on any atom is -0.379 e. The standard InChI is InChI=1S/C10H20N2O3/c11-12-10(13)5-3-6-14-8-9-4-1-2-7-15-9/h9H,1-8,11H2,(H,12,13). The van der Waals surface area contributed by atoms with Crippen LogP contribution < -0.4 is 11.3 Å². The second kappa shape index (κ2) is 7.62. The number of hydrazine groups is 1. The highest BCUT2D eigenvalue weighted by Crippen LogP contribution is 2.12. The third kappa shape index (κ3) is 5.71. The molecule has 1 aliphatic rings. The van der Waals surface area contributed by atoms with Gasteiger partial charge in [0.05, 0.1) is 12.7 Å². The molecule has 15 heavy (non-hydrogen) atoms. The SMILES string of the molecule is NNC(=O)CCCOCC1CCCCO1. The van der Waals surface area contributed by atoms with Crippen molar-refractivity contribution in [3.63, 3.8) is 0 Å². The van der Waals surface area contributed by atoms with Crippen molar-refractivity contribution < 1.29 is 14.3 Å². The van der Waals surface area contributed by atoms with Crippen molar-refractivity contribution in [1.29, 1.82) is 0 Å². The van der Waals surface area contributed by atoms with E-state index < -0.39 is 0 Å². The molecule has 0 aromatic carbocycles. The first-order valence-electron chi connectivity index (χ1n) is 5.51. The summed E-state index contributed by atoms with van der Waals surface area (Å²) >= 11 is 0. The maximum atomic E-state index is 10.8. The van der Waals surface area contributed by atoms with Gasteiger partial charge in [-0.1, -0.05) is 0 Å². The van der Waals surface area contributed by atoms with E-state index in [0.29, 0.717) is 26.1 Å².